The molecular formula is C30H31N3O5. The van der Waals surface area contributed by atoms with E-state index in [1.54, 1.807) is 29.2 Å². The van der Waals surface area contributed by atoms with Crippen LogP contribution in [0.25, 0.3) is 0 Å². The highest BCUT2D eigenvalue weighted by Gasteiger charge is 2.37. The number of fused-ring (bicyclic) bond motifs is 1. The van der Waals surface area contributed by atoms with Crippen LogP contribution in [0.15, 0.2) is 84.9 Å². The lowest BCUT2D eigenvalue weighted by molar-refractivity contribution is -0.151. The summed E-state index contributed by atoms with van der Waals surface area (Å²) in [6, 6.07) is 26.3. The van der Waals surface area contributed by atoms with E-state index in [9.17, 15) is 19.2 Å². The molecule has 8 heteroatoms. The molecule has 3 amide bonds. The Labute approximate surface area is 222 Å². The molecule has 1 aliphatic rings. The third-order valence-corrected chi connectivity index (χ3v) is 6.53. The number of hydrogen-bond acceptors (Lipinski definition) is 5. The Bertz CT molecular complexity index is 1280. The Balaban J connectivity index is 1.57. The van der Waals surface area contributed by atoms with Crippen LogP contribution < -0.4 is 15.1 Å². The van der Waals surface area contributed by atoms with Gasteiger partial charge in [0.1, 0.15) is 6.17 Å². The average molecular weight is 514 g/mol. The number of para-hydroxylation sites is 2. The van der Waals surface area contributed by atoms with Crippen LogP contribution in [0.1, 0.15) is 30.4 Å². The molecule has 0 saturated carbocycles. The second-order valence-electron chi connectivity index (χ2n) is 9.04. The number of esters is 1. The molecule has 3 aromatic rings. The standard InChI is InChI=1S/C30H31N3O5/c1-38-30(37)29(36)33-25-15-9-8-14-24(25)32(28(35)19-17-23-12-6-3-7-13-23)21-20-26(33)31-27(34)18-16-22-10-4-2-5-11-22/h2-15,26H,16-21H2,1H3,(H,31,34)/t26-/m0/s1. The van der Waals surface area contributed by atoms with Crippen LogP contribution in [0.3, 0.4) is 0 Å². The third-order valence-electron chi connectivity index (χ3n) is 6.53. The molecule has 196 valence electrons. The first-order valence-corrected chi connectivity index (χ1v) is 12.7. The van der Waals surface area contributed by atoms with Gasteiger partial charge in [0.2, 0.25) is 11.8 Å². The molecule has 1 N–H and O–H groups in total. The number of carbonyl (C=O) groups excluding carboxylic acids is 4. The molecule has 0 aromatic heterocycles. The third kappa shape index (κ3) is 6.45. The maximum atomic E-state index is 13.4. The maximum Gasteiger partial charge on any atom is 0.397 e. The smallest absolute Gasteiger partial charge is 0.397 e. The van der Waals surface area contributed by atoms with Gasteiger partial charge < -0.3 is 15.0 Å². The number of rotatable bonds is 7. The van der Waals surface area contributed by atoms with Crippen LogP contribution in [-0.4, -0.2) is 43.5 Å². The Morgan fingerprint density at radius 3 is 1.95 bits per heavy atom. The summed E-state index contributed by atoms with van der Waals surface area (Å²) in [5.41, 5.74) is 2.94. The number of aryl methyl sites for hydroxylation is 2. The van der Waals surface area contributed by atoms with Gasteiger partial charge >= 0.3 is 11.9 Å². The molecule has 8 nitrogen and oxygen atoms in total. The van der Waals surface area contributed by atoms with Crippen molar-refractivity contribution in [2.24, 2.45) is 0 Å². The van der Waals surface area contributed by atoms with Gasteiger partial charge in [-0.3, -0.25) is 19.3 Å². The first kappa shape index (κ1) is 26.6. The van der Waals surface area contributed by atoms with Crippen molar-refractivity contribution < 1.29 is 23.9 Å². The van der Waals surface area contributed by atoms with Gasteiger partial charge in [0.15, 0.2) is 0 Å². The number of nitrogens with zero attached hydrogens (tertiary/aromatic N) is 2. The first-order chi connectivity index (χ1) is 18.5. The van der Waals surface area contributed by atoms with Crippen LogP contribution in [0.4, 0.5) is 11.4 Å². The zero-order chi connectivity index (χ0) is 26.9. The summed E-state index contributed by atoms with van der Waals surface area (Å²) < 4.78 is 4.72. The Morgan fingerprint density at radius 1 is 0.789 bits per heavy atom. The fraction of sp³-hybridized carbons (Fsp3) is 0.267. The molecule has 0 radical (unpaired) electrons. The number of methoxy groups -OCH3 is 1. The van der Waals surface area contributed by atoms with Crippen molar-refractivity contribution in [2.75, 3.05) is 23.5 Å². The Kier molecular flexibility index (Phi) is 8.87. The van der Waals surface area contributed by atoms with E-state index in [0.717, 1.165) is 18.2 Å². The summed E-state index contributed by atoms with van der Waals surface area (Å²) >= 11 is 0. The van der Waals surface area contributed by atoms with Crippen molar-refractivity contribution in [3.8, 4) is 0 Å². The number of ether oxygens (including phenoxy) is 1. The topological polar surface area (TPSA) is 96.0 Å². The predicted octanol–water partition coefficient (Wildman–Crippen LogP) is 3.64. The number of benzene rings is 3. The number of anilines is 2. The molecule has 0 spiro atoms. The molecule has 1 atom stereocenters. The fourth-order valence-corrected chi connectivity index (χ4v) is 4.59. The van der Waals surface area contributed by atoms with E-state index >= 15 is 0 Å². The summed E-state index contributed by atoms with van der Waals surface area (Å²) in [4.78, 5) is 54.7. The molecule has 38 heavy (non-hydrogen) atoms. The zero-order valence-electron chi connectivity index (χ0n) is 21.3. The number of amides is 3. The van der Waals surface area contributed by atoms with Crippen molar-refractivity contribution >= 4 is 35.1 Å². The highest BCUT2D eigenvalue weighted by Crippen LogP contribution is 2.35. The summed E-state index contributed by atoms with van der Waals surface area (Å²) in [5.74, 6) is -2.33. The SMILES string of the molecule is COC(=O)C(=O)N1c2ccccc2N(C(=O)CCc2ccccc2)CC[C@H]1NC(=O)CCc1ccccc1. The van der Waals surface area contributed by atoms with E-state index in [0.29, 0.717) is 24.2 Å². The van der Waals surface area contributed by atoms with Gasteiger partial charge in [0, 0.05) is 25.8 Å². The van der Waals surface area contributed by atoms with Crippen LogP contribution in [0, 0.1) is 0 Å². The minimum absolute atomic E-state index is 0.108. The van der Waals surface area contributed by atoms with E-state index in [-0.39, 0.29) is 37.6 Å². The summed E-state index contributed by atoms with van der Waals surface area (Å²) in [7, 11) is 1.14. The minimum Gasteiger partial charge on any atom is -0.462 e. The monoisotopic (exact) mass is 513 g/mol. The molecule has 1 aliphatic heterocycles. The summed E-state index contributed by atoms with van der Waals surface area (Å²) in [6.07, 6.45) is 0.997. The van der Waals surface area contributed by atoms with Gasteiger partial charge in [-0.15, -0.1) is 0 Å². The van der Waals surface area contributed by atoms with E-state index in [2.05, 4.69) is 5.32 Å². The molecule has 3 aromatic carbocycles. The lowest BCUT2D eigenvalue weighted by Crippen LogP contribution is -2.53. The Hall–Kier alpha value is -4.46. The summed E-state index contributed by atoms with van der Waals surface area (Å²) in [6.45, 7) is 0.263. The molecule has 4 rings (SSSR count). The molecule has 0 bridgehead atoms. The van der Waals surface area contributed by atoms with Crippen LogP contribution in [0.2, 0.25) is 0 Å². The predicted molar refractivity (Wildman–Crippen MR) is 144 cm³/mol. The van der Waals surface area contributed by atoms with Crippen molar-refractivity contribution in [1.29, 1.82) is 0 Å². The first-order valence-electron chi connectivity index (χ1n) is 12.7. The minimum atomic E-state index is -1.05. The lowest BCUT2D eigenvalue weighted by Gasteiger charge is -2.30. The van der Waals surface area contributed by atoms with Gasteiger partial charge in [0.05, 0.1) is 18.5 Å². The molecule has 0 unspecified atom stereocenters. The van der Waals surface area contributed by atoms with Gasteiger partial charge in [-0.05, 0) is 36.1 Å². The normalized spacial score (nSPS) is 14.7. The van der Waals surface area contributed by atoms with Crippen molar-refractivity contribution in [2.45, 2.75) is 38.3 Å². The van der Waals surface area contributed by atoms with E-state index in [4.69, 9.17) is 4.74 Å². The second kappa shape index (κ2) is 12.7. The van der Waals surface area contributed by atoms with Crippen molar-refractivity contribution in [3.05, 3.63) is 96.1 Å². The van der Waals surface area contributed by atoms with Gasteiger partial charge in [0.25, 0.3) is 0 Å². The van der Waals surface area contributed by atoms with Gasteiger partial charge in [-0.1, -0.05) is 72.8 Å². The number of carbonyl (C=O) groups is 4. The molecule has 0 saturated heterocycles. The van der Waals surface area contributed by atoms with Crippen LogP contribution >= 0.6 is 0 Å². The quantitative estimate of drug-likeness (QED) is 0.385. The van der Waals surface area contributed by atoms with E-state index in [1.165, 1.54) is 4.90 Å². The second-order valence-corrected chi connectivity index (χ2v) is 9.04. The molecule has 0 aliphatic carbocycles. The molecule has 0 fully saturated rings. The highest BCUT2D eigenvalue weighted by molar-refractivity contribution is 6.38. The van der Waals surface area contributed by atoms with Gasteiger partial charge in [-0.25, -0.2) is 4.79 Å². The fourth-order valence-electron chi connectivity index (χ4n) is 4.59. The largest absolute Gasteiger partial charge is 0.462 e. The number of nitrogens with one attached hydrogen (secondary N) is 1. The van der Waals surface area contributed by atoms with Crippen LogP contribution in [-0.2, 0) is 36.8 Å². The van der Waals surface area contributed by atoms with Crippen molar-refractivity contribution in [1.82, 2.24) is 5.32 Å². The highest BCUT2D eigenvalue weighted by atomic mass is 16.5. The molecular weight excluding hydrogens is 482 g/mol. The molecule has 1 heterocycles. The average Bonchev–Trinajstić information content (AvgIpc) is 3.12. The number of hydrogen-bond donors (Lipinski definition) is 1. The van der Waals surface area contributed by atoms with Gasteiger partial charge in [-0.2, -0.15) is 0 Å². The van der Waals surface area contributed by atoms with E-state index in [1.807, 2.05) is 60.7 Å². The van der Waals surface area contributed by atoms with Crippen molar-refractivity contribution in [3.63, 3.8) is 0 Å². The maximum absolute atomic E-state index is 13.4. The Morgan fingerprint density at radius 2 is 1.34 bits per heavy atom. The summed E-state index contributed by atoms with van der Waals surface area (Å²) in [5, 5.41) is 2.92. The van der Waals surface area contributed by atoms with Crippen LogP contribution in [0.5, 0.6) is 0 Å². The lowest BCUT2D eigenvalue weighted by atomic mass is 10.1. The zero-order valence-corrected chi connectivity index (χ0v) is 21.3. The van der Waals surface area contributed by atoms with E-state index < -0.39 is 18.0 Å².